The Hall–Kier alpha value is -1.00. The molecular weight excluding hydrogens is 270 g/mol. The Morgan fingerprint density at radius 1 is 1.17 bits per heavy atom. The van der Waals surface area contributed by atoms with Crippen LogP contribution in [0.15, 0.2) is 5.29 Å². The summed E-state index contributed by atoms with van der Waals surface area (Å²) in [7, 11) is 0. The van der Waals surface area contributed by atoms with Gasteiger partial charge < -0.3 is 25.7 Å². The van der Waals surface area contributed by atoms with Crippen molar-refractivity contribution in [2.75, 3.05) is 12.4 Å². The maximum Gasteiger partial charge on any atom is 0.340 e. The molecule has 1 unspecified atom stereocenters. The van der Waals surface area contributed by atoms with Crippen molar-refractivity contribution in [1.82, 2.24) is 10.3 Å². The van der Waals surface area contributed by atoms with Crippen molar-refractivity contribution in [2.45, 2.75) is 30.5 Å². The van der Waals surface area contributed by atoms with Crippen molar-refractivity contribution in [3.05, 3.63) is 4.91 Å². The largest absolute Gasteiger partial charge is 0.388 e. The third-order valence-electron chi connectivity index (χ3n) is 2.71. The first-order valence-corrected chi connectivity index (χ1v) is 5.67. The second-order valence-electron chi connectivity index (χ2n) is 3.83. The summed E-state index contributed by atoms with van der Waals surface area (Å²) in [5.74, 6) is -0.0276. The normalized spacial score (nSPS) is 35.3. The quantitative estimate of drug-likeness (QED) is 0.224. The zero-order chi connectivity index (χ0) is 13.9. The van der Waals surface area contributed by atoms with E-state index in [0.717, 1.165) is 0 Å². The van der Waals surface area contributed by atoms with Crippen LogP contribution in [0.2, 0.25) is 0 Å². The number of carbonyl (C=O) groups is 1. The zero-order valence-electron chi connectivity index (χ0n) is 9.18. The molecule has 9 nitrogen and oxygen atoms in total. The first kappa shape index (κ1) is 15.1. The summed E-state index contributed by atoms with van der Waals surface area (Å²) >= 11 is 5.34. The number of nitroso groups, excluding NO2 is 1. The lowest BCUT2D eigenvalue weighted by molar-refractivity contribution is -0.0413. The molecule has 0 aromatic rings. The molecule has 0 aromatic carbocycles. The summed E-state index contributed by atoms with van der Waals surface area (Å²) in [5.41, 5.74) is 0. The summed E-state index contributed by atoms with van der Waals surface area (Å²) in [6.45, 7) is -0.152. The highest BCUT2D eigenvalue weighted by atomic mass is 35.5. The van der Waals surface area contributed by atoms with Gasteiger partial charge in [-0.2, -0.15) is 5.01 Å². The second-order valence-corrected chi connectivity index (χ2v) is 4.21. The van der Waals surface area contributed by atoms with Gasteiger partial charge in [-0.3, -0.25) is 0 Å². The molecule has 0 aromatic heterocycles. The van der Waals surface area contributed by atoms with E-state index < -0.39 is 36.5 Å². The SMILES string of the molecule is O=NN(CCCl)C(=O)NC1[C@@H](O)[C@H](O)[C@@H](O)[C@H]1O. The Bertz CT molecular complexity index is 305. The van der Waals surface area contributed by atoms with Crippen molar-refractivity contribution in [1.29, 1.82) is 0 Å². The lowest BCUT2D eigenvalue weighted by Crippen LogP contribution is -2.51. The van der Waals surface area contributed by atoms with Crippen LogP contribution >= 0.6 is 11.6 Å². The minimum atomic E-state index is -1.59. The molecule has 104 valence electrons. The van der Waals surface area contributed by atoms with Crippen molar-refractivity contribution in [3.63, 3.8) is 0 Å². The molecule has 0 spiro atoms. The minimum Gasteiger partial charge on any atom is -0.388 e. The molecule has 1 fully saturated rings. The predicted molar refractivity (Wildman–Crippen MR) is 59.6 cm³/mol. The van der Waals surface area contributed by atoms with E-state index >= 15 is 0 Å². The van der Waals surface area contributed by atoms with Gasteiger partial charge in [0, 0.05) is 5.88 Å². The fourth-order valence-corrected chi connectivity index (χ4v) is 1.84. The molecule has 1 saturated carbocycles. The Balaban J connectivity index is 2.66. The summed E-state index contributed by atoms with van der Waals surface area (Å²) in [6.07, 6.45) is -6.28. The van der Waals surface area contributed by atoms with E-state index in [1.54, 1.807) is 0 Å². The van der Waals surface area contributed by atoms with Gasteiger partial charge >= 0.3 is 6.03 Å². The molecule has 0 heterocycles. The number of hydrogen-bond donors (Lipinski definition) is 5. The molecule has 0 saturated heterocycles. The van der Waals surface area contributed by atoms with E-state index in [2.05, 4.69) is 10.6 Å². The number of carbonyl (C=O) groups excluding carboxylic acids is 1. The van der Waals surface area contributed by atoms with Crippen LogP contribution in [0.5, 0.6) is 0 Å². The van der Waals surface area contributed by atoms with Crippen molar-refractivity contribution < 1.29 is 25.2 Å². The number of amides is 2. The van der Waals surface area contributed by atoms with Gasteiger partial charge in [0.05, 0.1) is 17.9 Å². The average molecular weight is 284 g/mol. The lowest BCUT2D eigenvalue weighted by atomic mass is 10.2. The predicted octanol–water partition coefficient (Wildman–Crippen LogP) is -2.26. The molecule has 1 aliphatic rings. The van der Waals surface area contributed by atoms with Gasteiger partial charge in [0.15, 0.2) is 0 Å². The summed E-state index contributed by atoms with van der Waals surface area (Å²) in [4.78, 5) is 21.8. The van der Waals surface area contributed by atoms with E-state index in [0.29, 0.717) is 5.01 Å². The number of urea groups is 1. The minimum absolute atomic E-state index is 0.0276. The molecular formula is C8H14ClN3O6. The zero-order valence-corrected chi connectivity index (χ0v) is 9.93. The number of nitrogens with one attached hydrogen (secondary N) is 1. The molecule has 5 N–H and O–H groups in total. The maximum atomic E-state index is 11.5. The van der Waals surface area contributed by atoms with Gasteiger partial charge in [-0.05, 0) is 0 Å². The fraction of sp³-hybridized carbons (Fsp3) is 0.875. The molecule has 1 rings (SSSR count). The third kappa shape index (κ3) is 2.87. The number of aliphatic hydroxyl groups excluding tert-OH is 4. The van der Waals surface area contributed by atoms with E-state index in [4.69, 9.17) is 11.6 Å². The molecule has 0 bridgehead atoms. The van der Waals surface area contributed by atoms with Gasteiger partial charge in [0.2, 0.25) is 0 Å². The number of alkyl halides is 1. The topological polar surface area (TPSA) is 143 Å². The molecule has 0 radical (unpaired) electrons. The van der Waals surface area contributed by atoms with Crippen LogP contribution in [0.3, 0.4) is 0 Å². The number of aliphatic hydroxyl groups is 4. The molecule has 5 atom stereocenters. The number of nitrogens with zero attached hydrogens (tertiary/aromatic N) is 2. The number of rotatable bonds is 4. The molecule has 10 heteroatoms. The molecule has 2 amide bonds. The lowest BCUT2D eigenvalue weighted by Gasteiger charge is -2.22. The summed E-state index contributed by atoms with van der Waals surface area (Å²) < 4.78 is 0. The third-order valence-corrected chi connectivity index (χ3v) is 2.87. The van der Waals surface area contributed by atoms with Crippen LogP contribution in [0, 0.1) is 4.91 Å². The highest BCUT2D eigenvalue weighted by Crippen LogP contribution is 2.21. The molecule has 0 aliphatic heterocycles. The smallest absolute Gasteiger partial charge is 0.340 e. The monoisotopic (exact) mass is 283 g/mol. The van der Waals surface area contributed by atoms with Crippen molar-refractivity contribution >= 4 is 17.6 Å². The van der Waals surface area contributed by atoms with Gasteiger partial charge in [0.1, 0.15) is 24.4 Å². The summed E-state index contributed by atoms with van der Waals surface area (Å²) in [5, 5.41) is 42.5. The maximum absolute atomic E-state index is 11.5. The Labute approximate surface area is 107 Å². The van der Waals surface area contributed by atoms with Gasteiger partial charge in [-0.15, -0.1) is 16.5 Å². The van der Waals surface area contributed by atoms with Crippen LogP contribution in [0.4, 0.5) is 4.79 Å². The Kier molecular flexibility index (Phi) is 5.23. The van der Waals surface area contributed by atoms with E-state index in [9.17, 15) is 30.1 Å². The van der Waals surface area contributed by atoms with Crippen LogP contribution in [0.1, 0.15) is 0 Å². The molecule has 1 aliphatic carbocycles. The van der Waals surface area contributed by atoms with Gasteiger partial charge in [-0.1, -0.05) is 0 Å². The van der Waals surface area contributed by atoms with E-state index in [-0.39, 0.29) is 12.4 Å². The standard InChI is InChI=1S/C8H14ClN3O6/c9-1-2-12(11-18)8(17)10-3-4(13)6(15)7(16)5(3)14/h3-7,13-16H,1-2H2,(H,10,17)/t3?,4-,5+,6-,7-/m0/s1. The molecule has 18 heavy (non-hydrogen) atoms. The second kappa shape index (κ2) is 6.25. The highest BCUT2D eigenvalue weighted by Gasteiger charge is 2.49. The van der Waals surface area contributed by atoms with Crippen molar-refractivity contribution in [2.24, 2.45) is 5.29 Å². The highest BCUT2D eigenvalue weighted by molar-refractivity contribution is 6.18. The fourth-order valence-electron chi connectivity index (χ4n) is 1.68. The first-order valence-electron chi connectivity index (χ1n) is 5.13. The van der Waals surface area contributed by atoms with Crippen LogP contribution in [-0.4, -0.2) is 74.3 Å². The van der Waals surface area contributed by atoms with Gasteiger partial charge in [-0.25, -0.2) is 4.79 Å². The Morgan fingerprint density at radius 2 is 1.67 bits per heavy atom. The Morgan fingerprint density at radius 3 is 2.06 bits per heavy atom. The van der Waals surface area contributed by atoms with Crippen LogP contribution in [0.25, 0.3) is 0 Å². The summed E-state index contributed by atoms with van der Waals surface area (Å²) in [6, 6.07) is -2.29. The van der Waals surface area contributed by atoms with Crippen LogP contribution in [-0.2, 0) is 0 Å². The van der Waals surface area contributed by atoms with Gasteiger partial charge in [0.25, 0.3) is 0 Å². The van der Waals surface area contributed by atoms with Crippen LogP contribution < -0.4 is 5.32 Å². The van der Waals surface area contributed by atoms with Crippen molar-refractivity contribution in [3.8, 4) is 0 Å². The number of halogens is 1. The van der Waals surface area contributed by atoms with E-state index in [1.165, 1.54) is 0 Å². The number of hydrogen-bond acceptors (Lipinski definition) is 7. The van der Waals surface area contributed by atoms with E-state index in [1.807, 2.05) is 0 Å². The average Bonchev–Trinajstić information content (AvgIpc) is 2.53. The first-order chi connectivity index (χ1) is 8.43.